The number of carbonyl (C=O) groups is 1. The zero-order chi connectivity index (χ0) is 14.3. The van der Waals surface area contributed by atoms with Crippen molar-refractivity contribution in [2.75, 3.05) is 0 Å². The van der Waals surface area contributed by atoms with E-state index in [9.17, 15) is 4.79 Å². The Labute approximate surface area is 124 Å². The number of fused-ring (bicyclic) bond motifs is 1. The van der Waals surface area contributed by atoms with Crippen LogP contribution in [0.4, 0.5) is 0 Å². The lowest BCUT2D eigenvalue weighted by atomic mass is 10.2. The highest BCUT2D eigenvalue weighted by Gasteiger charge is 2.15. The van der Waals surface area contributed by atoms with Gasteiger partial charge in [0, 0.05) is 16.6 Å². The molecule has 20 heavy (non-hydrogen) atoms. The summed E-state index contributed by atoms with van der Waals surface area (Å²) in [7, 11) is 0. The molecule has 0 aliphatic rings. The number of nitrogens with zero attached hydrogens (tertiary/aromatic N) is 1. The maximum Gasteiger partial charge on any atom is 0.339 e. The lowest BCUT2D eigenvalue weighted by Crippen LogP contribution is -2.03. The van der Waals surface area contributed by atoms with Gasteiger partial charge >= 0.3 is 5.97 Å². The third-order valence-electron chi connectivity index (χ3n) is 3.09. The van der Waals surface area contributed by atoms with Gasteiger partial charge in [0.05, 0.1) is 23.3 Å². The van der Waals surface area contributed by atoms with E-state index in [-0.39, 0.29) is 5.56 Å². The molecule has 0 spiro atoms. The predicted octanol–water partition coefficient (Wildman–Crippen LogP) is 4.29. The number of aromatic carboxylic acids is 1. The number of carboxylic acid groups (broad SMARTS) is 1. The van der Waals surface area contributed by atoms with Crippen LogP contribution in [0.15, 0.2) is 41.1 Å². The minimum Gasteiger partial charge on any atom is -0.478 e. The van der Waals surface area contributed by atoms with Crippen LogP contribution in [0, 0.1) is 0 Å². The van der Waals surface area contributed by atoms with Crippen LogP contribution < -0.4 is 0 Å². The molecule has 0 aliphatic carbocycles. The van der Waals surface area contributed by atoms with Gasteiger partial charge in [-0.15, -0.1) is 0 Å². The second-order valence-electron chi connectivity index (χ2n) is 4.33. The maximum absolute atomic E-state index is 11.1. The van der Waals surface area contributed by atoms with Gasteiger partial charge in [0.2, 0.25) is 0 Å². The standard InChI is InChI=1S/C14H9Cl2NO3/c15-8-5-11(16)9-1-3-17(12(9)6-8)7-13-10(14(18)19)2-4-20-13/h1-6H,7H2,(H,18,19). The molecule has 3 rings (SSSR count). The first-order chi connectivity index (χ1) is 9.56. The predicted molar refractivity (Wildman–Crippen MR) is 76.7 cm³/mol. The quantitative estimate of drug-likeness (QED) is 0.785. The van der Waals surface area contributed by atoms with Crippen LogP contribution in [0.5, 0.6) is 0 Å². The summed E-state index contributed by atoms with van der Waals surface area (Å²) in [5, 5.41) is 11.0. The number of carboxylic acids is 1. The SMILES string of the molecule is O=C(O)c1ccoc1Cn1ccc2c(Cl)cc(Cl)cc21. The second kappa shape index (κ2) is 4.89. The Kier molecular flexibility index (Phi) is 3.20. The number of benzene rings is 1. The van der Waals surface area contributed by atoms with Gasteiger partial charge in [0.1, 0.15) is 11.3 Å². The van der Waals surface area contributed by atoms with Crippen molar-refractivity contribution < 1.29 is 14.3 Å². The third-order valence-corrected chi connectivity index (χ3v) is 3.62. The summed E-state index contributed by atoms with van der Waals surface area (Å²) in [4.78, 5) is 11.1. The van der Waals surface area contributed by atoms with Gasteiger partial charge in [-0.2, -0.15) is 0 Å². The van der Waals surface area contributed by atoms with E-state index in [0.29, 0.717) is 22.4 Å². The van der Waals surface area contributed by atoms with Crippen molar-refractivity contribution >= 4 is 40.1 Å². The van der Waals surface area contributed by atoms with Crippen LogP contribution in [0.2, 0.25) is 10.0 Å². The Morgan fingerprint density at radius 3 is 2.85 bits per heavy atom. The average molecular weight is 310 g/mol. The molecule has 1 N–H and O–H groups in total. The summed E-state index contributed by atoms with van der Waals surface area (Å²) < 4.78 is 7.09. The zero-order valence-corrected chi connectivity index (χ0v) is 11.6. The van der Waals surface area contributed by atoms with Crippen molar-refractivity contribution in [3.63, 3.8) is 0 Å². The average Bonchev–Trinajstić information content (AvgIpc) is 2.97. The van der Waals surface area contributed by atoms with E-state index in [1.807, 2.05) is 16.8 Å². The Balaban J connectivity index is 2.07. The van der Waals surface area contributed by atoms with Gasteiger partial charge in [-0.1, -0.05) is 23.2 Å². The first-order valence-electron chi connectivity index (χ1n) is 5.80. The van der Waals surface area contributed by atoms with Crippen LogP contribution >= 0.6 is 23.2 Å². The van der Waals surface area contributed by atoms with Crippen LogP contribution in [0.3, 0.4) is 0 Å². The summed E-state index contributed by atoms with van der Waals surface area (Å²) in [6, 6.07) is 6.75. The molecule has 0 aliphatic heterocycles. The molecule has 0 bridgehead atoms. The van der Waals surface area contributed by atoms with Gasteiger partial charge in [-0.05, 0) is 24.3 Å². The molecule has 0 saturated heterocycles. The molecule has 1 aromatic carbocycles. The molecule has 0 fully saturated rings. The van der Waals surface area contributed by atoms with E-state index in [1.54, 1.807) is 12.1 Å². The van der Waals surface area contributed by atoms with Crippen molar-refractivity contribution in [1.29, 1.82) is 0 Å². The Hall–Kier alpha value is -1.91. The van der Waals surface area contributed by atoms with Gasteiger partial charge in [0.25, 0.3) is 0 Å². The van der Waals surface area contributed by atoms with Crippen molar-refractivity contribution in [1.82, 2.24) is 4.57 Å². The van der Waals surface area contributed by atoms with Gasteiger partial charge in [-0.25, -0.2) is 4.79 Å². The Morgan fingerprint density at radius 1 is 1.30 bits per heavy atom. The first kappa shape index (κ1) is 13.1. The molecule has 0 atom stereocenters. The summed E-state index contributed by atoms with van der Waals surface area (Å²) in [5.74, 6) is -0.632. The van der Waals surface area contributed by atoms with E-state index in [4.69, 9.17) is 32.7 Å². The summed E-state index contributed by atoms with van der Waals surface area (Å²) >= 11 is 12.1. The molecule has 102 valence electrons. The molecular formula is C14H9Cl2NO3. The molecule has 6 heteroatoms. The Morgan fingerprint density at radius 2 is 2.10 bits per heavy atom. The lowest BCUT2D eigenvalue weighted by Gasteiger charge is -2.05. The minimum absolute atomic E-state index is 0.153. The van der Waals surface area contributed by atoms with Crippen molar-refractivity contribution in [2.45, 2.75) is 6.54 Å². The third kappa shape index (κ3) is 2.17. The topological polar surface area (TPSA) is 55.4 Å². The van der Waals surface area contributed by atoms with Gasteiger partial charge in [-0.3, -0.25) is 0 Å². The fourth-order valence-electron chi connectivity index (χ4n) is 2.16. The number of hydrogen-bond donors (Lipinski definition) is 1. The zero-order valence-electron chi connectivity index (χ0n) is 10.1. The molecule has 0 radical (unpaired) electrons. The highest BCUT2D eigenvalue weighted by atomic mass is 35.5. The van der Waals surface area contributed by atoms with E-state index >= 15 is 0 Å². The lowest BCUT2D eigenvalue weighted by molar-refractivity contribution is 0.0694. The molecule has 0 saturated carbocycles. The first-order valence-corrected chi connectivity index (χ1v) is 6.55. The summed E-state index contributed by atoms with van der Waals surface area (Å²) in [6.45, 7) is 0.300. The van der Waals surface area contributed by atoms with Crippen molar-refractivity contribution in [3.05, 3.63) is 58.1 Å². The molecule has 4 nitrogen and oxygen atoms in total. The summed E-state index contributed by atoms with van der Waals surface area (Å²) in [6.07, 6.45) is 3.19. The minimum atomic E-state index is -1.01. The number of furan rings is 1. The molecule has 2 heterocycles. The largest absolute Gasteiger partial charge is 0.478 e. The number of hydrogen-bond acceptors (Lipinski definition) is 2. The monoisotopic (exact) mass is 309 g/mol. The molecule has 3 aromatic rings. The van der Waals surface area contributed by atoms with Crippen LogP contribution in [-0.4, -0.2) is 15.6 Å². The van der Waals surface area contributed by atoms with E-state index in [0.717, 1.165) is 10.9 Å². The number of rotatable bonds is 3. The number of halogens is 2. The molecule has 2 aromatic heterocycles. The fraction of sp³-hybridized carbons (Fsp3) is 0.0714. The van der Waals surface area contributed by atoms with E-state index in [1.165, 1.54) is 12.3 Å². The Bertz CT molecular complexity index is 804. The van der Waals surface area contributed by atoms with E-state index < -0.39 is 5.97 Å². The highest BCUT2D eigenvalue weighted by molar-refractivity contribution is 6.38. The number of aromatic nitrogens is 1. The summed E-state index contributed by atoms with van der Waals surface area (Å²) in [5.41, 5.74) is 0.982. The van der Waals surface area contributed by atoms with Gasteiger partial charge in [0.15, 0.2) is 0 Å². The molecule has 0 amide bonds. The fourth-order valence-corrected chi connectivity index (χ4v) is 2.71. The van der Waals surface area contributed by atoms with Crippen LogP contribution in [-0.2, 0) is 6.54 Å². The normalized spacial score (nSPS) is 11.1. The molecule has 0 unspecified atom stereocenters. The van der Waals surface area contributed by atoms with Crippen LogP contribution in [0.1, 0.15) is 16.1 Å². The highest BCUT2D eigenvalue weighted by Crippen LogP contribution is 2.29. The maximum atomic E-state index is 11.1. The smallest absolute Gasteiger partial charge is 0.339 e. The second-order valence-corrected chi connectivity index (χ2v) is 5.17. The van der Waals surface area contributed by atoms with Crippen LogP contribution in [0.25, 0.3) is 10.9 Å². The molecular weight excluding hydrogens is 301 g/mol. The van der Waals surface area contributed by atoms with E-state index in [2.05, 4.69) is 0 Å². The van der Waals surface area contributed by atoms with Crippen molar-refractivity contribution in [2.24, 2.45) is 0 Å². The van der Waals surface area contributed by atoms with Crippen molar-refractivity contribution in [3.8, 4) is 0 Å². The van der Waals surface area contributed by atoms with Gasteiger partial charge < -0.3 is 14.1 Å².